The van der Waals surface area contributed by atoms with Crippen molar-refractivity contribution < 1.29 is 18.0 Å². The highest BCUT2D eigenvalue weighted by atomic mass is 79.9. The molecular weight excluding hydrogens is 359 g/mol. The molecule has 2 aromatic carbocycles. The van der Waals surface area contributed by atoms with Gasteiger partial charge < -0.3 is 0 Å². The number of ketones is 1. The lowest BCUT2D eigenvalue weighted by atomic mass is 9.89. The maximum absolute atomic E-state index is 13.0. The van der Waals surface area contributed by atoms with Crippen molar-refractivity contribution in [1.82, 2.24) is 0 Å². The average Bonchev–Trinajstić information content (AvgIpc) is 2.49. The molecule has 1 atom stereocenters. The largest absolute Gasteiger partial charge is 0.417 e. The van der Waals surface area contributed by atoms with Gasteiger partial charge in [0, 0.05) is 10.0 Å². The molecule has 0 aromatic heterocycles. The van der Waals surface area contributed by atoms with E-state index in [1.165, 1.54) is 24.3 Å². The fourth-order valence-corrected chi connectivity index (χ4v) is 2.30. The molecule has 2 aromatic rings. The molecule has 6 heteroatoms. The number of alkyl halides is 3. The minimum Gasteiger partial charge on any atom is -0.292 e. The molecule has 22 heavy (non-hydrogen) atoms. The predicted molar refractivity (Wildman–Crippen MR) is 78.3 cm³/mol. The smallest absolute Gasteiger partial charge is 0.292 e. The van der Waals surface area contributed by atoms with E-state index in [0.717, 1.165) is 16.6 Å². The van der Waals surface area contributed by atoms with Crippen molar-refractivity contribution in [2.24, 2.45) is 0 Å². The van der Waals surface area contributed by atoms with Gasteiger partial charge in [-0.25, -0.2) is 0 Å². The number of halogens is 4. The van der Waals surface area contributed by atoms with Gasteiger partial charge in [0.1, 0.15) is 5.92 Å². The van der Waals surface area contributed by atoms with Gasteiger partial charge in [0.15, 0.2) is 5.78 Å². The van der Waals surface area contributed by atoms with Crippen molar-refractivity contribution in [2.45, 2.75) is 12.1 Å². The molecule has 0 saturated carbocycles. The molecule has 2 rings (SSSR count). The van der Waals surface area contributed by atoms with Crippen LogP contribution in [0.2, 0.25) is 0 Å². The normalized spacial score (nSPS) is 12.5. The summed E-state index contributed by atoms with van der Waals surface area (Å²) in [5, 5.41) is 9.21. The standard InChI is InChI=1S/C16H9BrF3NO/c17-11-7-5-10(6-8-11)13(9-21)15(22)12-3-1-2-4-14(12)16(18,19)20/h1-8,13H. The van der Waals surface area contributed by atoms with Crippen LogP contribution in [0.5, 0.6) is 0 Å². The fourth-order valence-electron chi connectivity index (χ4n) is 2.04. The lowest BCUT2D eigenvalue weighted by Gasteiger charge is -2.14. The summed E-state index contributed by atoms with van der Waals surface area (Å²) in [6, 6.07) is 12.6. The number of rotatable bonds is 3. The zero-order valence-electron chi connectivity index (χ0n) is 11.1. The highest BCUT2D eigenvalue weighted by molar-refractivity contribution is 9.10. The monoisotopic (exact) mass is 367 g/mol. The molecule has 2 nitrogen and oxygen atoms in total. The van der Waals surface area contributed by atoms with Gasteiger partial charge >= 0.3 is 6.18 Å². The first-order valence-electron chi connectivity index (χ1n) is 6.20. The molecule has 0 bridgehead atoms. The minimum atomic E-state index is -4.65. The van der Waals surface area contributed by atoms with E-state index in [1.54, 1.807) is 18.2 Å². The molecule has 0 aliphatic heterocycles. The Hall–Kier alpha value is -2.13. The third-order valence-electron chi connectivity index (χ3n) is 3.09. The van der Waals surface area contributed by atoms with Gasteiger partial charge in [-0.15, -0.1) is 0 Å². The van der Waals surface area contributed by atoms with Crippen LogP contribution >= 0.6 is 15.9 Å². The van der Waals surface area contributed by atoms with E-state index in [9.17, 15) is 23.2 Å². The SMILES string of the molecule is N#CC(C(=O)c1ccccc1C(F)(F)F)c1ccc(Br)cc1. The van der Waals surface area contributed by atoms with Crippen LogP contribution in [0.25, 0.3) is 0 Å². The third-order valence-corrected chi connectivity index (χ3v) is 3.62. The van der Waals surface area contributed by atoms with Crippen molar-refractivity contribution in [3.63, 3.8) is 0 Å². The Morgan fingerprint density at radius 3 is 2.23 bits per heavy atom. The first-order chi connectivity index (χ1) is 10.3. The molecule has 0 aliphatic carbocycles. The third kappa shape index (κ3) is 3.37. The van der Waals surface area contributed by atoms with E-state index in [2.05, 4.69) is 15.9 Å². The molecule has 0 heterocycles. The summed E-state index contributed by atoms with van der Waals surface area (Å²) in [6.45, 7) is 0. The molecule has 0 fully saturated rings. The molecule has 0 radical (unpaired) electrons. The average molecular weight is 368 g/mol. The highest BCUT2D eigenvalue weighted by Crippen LogP contribution is 2.34. The highest BCUT2D eigenvalue weighted by Gasteiger charge is 2.36. The Morgan fingerprint density at radius 1 is 1.09 bits per heavy atom. The molecule has 0 N–H and O–H groups in total. The van der Waals surface area contributed by atoms with E-state index < -0.39 is 29.0 Å². The lowest BCUT2D eigenvalue weighted by molar-refractivity contribution is -0.137. The van der Waals surface area contributed by atoms with Crippen molar-refractivity contribution in [2.75, 3.05) is 0 Å². The Kier molecular flexibility index (Phi) is 4.67. The number of carbonyl (C=O) groups excluding carboxylic acids is 1. The van der Waals surface area contributed by atoms with Gasteiger partial charge in [0.2, 0.25) is 0 Å². The second-order valence-corrected chi connectivity index (χ2v) is 5.44. The van der Waals surface area contributed by atoms with Crippen LogP contribution in [0.15, 0.2) is 53.0 Å². The maximum atomic E-state index is 13.0. The van der Waals surface area contributed by atoms with E-state index in [1.807, 2.05) is 0 Å². The van der Waals surface area contributed by atoms with Crippen LogP contribution in [0.4, 0.5) is 13.2 Å². The fraction of sp³-hybridized carbons (Fsp3) is 0.125. The zero-order valence-corrected chi connectivity index (χ0v) is 12.6. The molecule has 0 saturated heterocycles. The van der Waals surface area contributed by atoms with E-state index in [-0.39, 0.29) is 0 Å². The Morgan fingerprint density at radius 2 is 1.68 bits per heavy atom. The van der Waals surface area contributed by atoms with Gasteiger partial charge in [0.25, 0.3) is 0 Å². The van der Waals surface area contributed by atoms with Gasteiger partial charge in [-0.3, -0.25) is 4.79 Å². The Bertz CT molecular complexity index is 732. The van der Waals surface area contributed by atoms with E-state index in [4.69, 9.17) is 0 Å². The summed E-state index contributed by atoms with van der Waals surface area (Å²) < 4.78 is 39.7. The van der Waals surface area contributed by atoms with Gasteiger partial charge in [-0.2, -0.15) is 18.4 Å². The number of hydrogen-bond donors (Lipinski definition) is 0. The quantitative estimate of drug-likeness (QED) is 0.719. The molecule has 0 amide bonds. The molecule has 0 spiro atoms. The van der Waals surface area contributed by atoms with Crippen LogP contribution in [0, 0.1) is 11.3 Å². The molecule has 1 unspecified atom stereocenters. The Labute approximate surface area is 133 Å². The van der Waals surface area contributed by atoms with Crippen LogP contribution in [0.1, 0.15) is 27.4 Å². The first-order valence-corrected chi connectivity index (χ1v) is 6.99. The predicted octanol–water partition coefficient (Wildman–Crippen LogP) is 4.96. The summed E-state index contributed by atoms with van der Waals surface area (Å²) in [4.78, 5) is 12.4. The van der Waals surface area contributed by atoms with Crippen LogP contribution < -0.4 is 0 Å². The number of nitrogens with zero attached hydrogens (tertiary/aromatic N) is 1. The summed E-state index contributed by atoms with van der Waals surface area (Å²) >= 11 is 3.22. The number of nitriles is 1. The maximum Gasteiger partial charge on any atom is 0.417 e. The molecular formula is C16H9BrF3NO. The summed E-state index contributed by atoms with van der Waals surface area (Å²) in [6.07, 6.45) is -4.65. The number of Topliss-reactive ketones (excluding diaryl/α,β-unsaturated/α-hetero) is 1. The molecule has 0 aliphatic rings. The van der Waals surface area contributed by atoms with Crippen LogP contribution in [-0.2, 0) is 6.18 Å². The molecule has 112 valence electrons. The zero-order chi connectivity index (χ0) is 16.3. The van der Waals surface area contributed by atoms with Crippen molar-refractivity contribution in [1.29, 1.82) is 5.26 Å². The number of hydrogen-bond acceptors (Lipinski definition) is 2. The van der Waals surface area contributed by atoms with Gasteiger partial charge in [0.05, 0.1) is 11.6 Å². The number of benzene rings is 2. The van der Waals surface area contributed by atoms with Crippen LogP contribution in [0.3, 0.4) is 0 Å². The second-order valence-electron chi connectivity index (χ2n) is 4.52. The summed E-state index contributed by atoms with van der Waals surface area (Å²) in [5.74, 6) is -2.14. The summed E-state index contributed by atoms with van der Waals surface area (Å²) in [5.41, 5.74) is -1.17. The van der Waals surface area contributed by atoms with E-state index >= 15 is 0 Å². The van der Waals surface area contributed by atoms with E-state index in [0.29, 0.717) is 5.56 Å². The topological polar surface area (TPSA) is 40.9 Å². The van der Waals surface area contributed by atoms with Crippen molar-refractivity contribution in [3.05, 3.63) is 69.7 Å². The lowest BCUT2D eigenvalue weighted by Crippen LogP contribution is -2.17. The minimum absolute atomic E-state index is 0.354. The van der Waals surface area contributed by atoms with Gasteiger partial charge in [-0.1, -0.05) is 46.3 Å². The second kappa shape index (κ2) is 6.32. The number of carbonyl (C=O) groups is 1. The van der Waals surface area contributed by atoms with Crippen molar-refractivity contribution >= 4 is 21.7 Å². The Balaban J connectivity index is 2.47. The van der Waals surface area contributed by atoms with Crippen LogP contribution in [-0.4, -0.2) is 5.78 Å². The summed E-state index contributed by atoms with van der Waals surface area (Å²) in [7, 11) is 0. The van der Waals surface area contributed by atoms with Crippen molar-refractivity contribution in [3.8, 4) is 6.07 Å². The van der Waals surface area contributed by atoms with Gasteiger partial charge in [-0.05, 0) is 23.8 Å². The first kappa shape index (κ1) is 16.2.